The van der Waals surface area contributed by atoms with Crippen molar-refractivity contribution in [3.8, 4) is 0 Å². The molecule has 4 rings (SSSR count). The highest BCUT2D eigenvalue weighted by Crippen LogP contribution is 2.32. The van der Waals surface area contributed by atoms with Gasteiger partial charge < -0.3 is 14.7 Å². The Hall–Kier alpha value is -2.25. The van der Waals surface area contributed by atoms with E-state index in [4.69, 9.17) is 4.74 Å². The Kier molecular flexibility index (Phi) is 3.82. The number of aromatic nitrogens is 3. The lowest BCUT2D eigenvalue weighted by molar-refractivity contribution is -0.120. The molecule has 2 fully saturated rings. The number of carbonyl (C=O) groups is 1. The molecule has 0 saturated carbocycles. The minimum Gasteiger partial charge on any atom is -0.383 e. The smallest absolute Gasteiger partial charge is 0.251 e. The van der Waals surface area contributed by atoms with E-state index in [1.54, 1.807) is 15.8 Å². The van der Waals surface area contributed by atoms with E-state index in [0.717, 1.165) is 5.69 Å². The number of rotatable bonds is 3. The van der Waals surface area contributed by atoms with Crippen molar-refractivity contribution in [3.63, 3.8) is 0 Å². The number of benzene rings is 1. The highest BCUT2D eigenvalue weighted by atomic mass is 16.5. The van der Waals surface area contributed by atoms with Gasteiger partial charge in [-0.2, -0.15) is 0 Å². The number of aliphatic hydroxyl groups is 1. The van der Waals surface area contributed by atoms with Gasteiger partial charge in [0.05, 0.1) is 6.20 Å². The van der Waals surface area contributed by atoms with Crippen LogP contribution in [-0.2, 0) is 15.1 Å². The van der Waals surface area contributed by atoms with Gasteiger partial charge in [0.2, 0.25) is 0 Å². The van der Waals surface area contributed by atoms with Crippen molar-refractivity contribution in [1.29, 1.82) is 0 Å². The van der Waals surface area contributed by atoms with E-state index in [9.17, 15) is 9.90 Å². The van der Waals surface area contributed by atoms with E-state index in [0.29, 0.717) is 44.7 Å². The number of nitrogens with zero attached hydrogens (tertiary/aromatic N) is 4. The van der Waals surface area contributed by atoms with Gasteiger partial charge in [-0.15, -0.1) is 5.10 Å². The average Bonchev–Trinajstić information content (AvgIpc) is 3.23. The second-order valence-electron chi connectivity index (χ2n) is 6.36. The predicted molar refractivity (Wildman–Crippen MR) is 86.4 cm³/mol. The summed E-state index contributed by atoms with van der Waals surface area (Å²) in [5.74, 6) is 0.0108. The van der Waals surface area contributed by atoms with Crippen LogP contribution in [0.4, 0.5) is 5.69 Å². The lowest BCUT2D eigenvalue weighted by Crippen LogP contribution is -2.33. The second kappa shape index (κ2) is 5.99. The third-order valence-corrected chi connectivity index (χ3v) is 4.87. The fourth-order valence-electron chi connectivity index (χ4n) is 3.38. The van der Waals surface area contributed by atoms with Crippen LogP contribution in [0.15, 0.2) is 36.5 Å². The van der Waals surface area contributed by atoms with Gasteiger partial charge in [0.15, 0.2) is 0 Å². The predicted octanol–water partition coefficient (Wildman–Crippen LogP) is 1.25. The standard InChI is InChI=1S/C17H20N4O3/c22-16-14(6-9-20(16)13-4-2-1-3-5-13)21-12-15(18-19-21)17(23)7-10-24-11-8-17/h1-5,12,14,23H,6-11H2. The first-order chi connectivity index (χ1) is 11.7. The Morgan fingerprint density at radius 3 is 2.71 bits per heavy atom. The van der Waals surface area contributed by atoms with Crippen molar-refractivity contribution in [2.75, 3.05) is 24.7 Å². The van der Waals surface area contributed by atoms with Gasteiger partial charge in [-0.25, -0.2) is 4.68 Å². The SMILES string of the molecule is O=C1C(n2cc(C3(O)CCOCC3)nn2)CCN1c1ccccc1. The minimum atomic E-state index is -1.00. The molecule has 24 heavy (non-hydrogen) atoms. The summed E-state index contributed by atoms with van der Waals surface area (Å²) in [7, 11) is 0. The Bertz CT molecular complexity index is 724. The third kappa shape index (κ3) is 2.59. The van der Waals surface area contributed by atoms with Crippen molar-refractivity contribution >= 4 is 11.6 Å². The molecule has 1 atom stereocenters. The van der Waals surface area contributed by atoms with Crippen LogP contribution in [0.1, 0.15) is 31.0 Å². The number of anilines is 1. The van der Waals surface area contributed by atoms with Crippen LogP contribution in [0.25, 0.3) is 0 Å². The summed E-state index contributed by atoms with van der Waals surface area (Å²) in [5.41, 5.74) is 0.419. The fourth-order valence-corrected chi connectivity index (χ4v) is 3.38. The van der Waals surface area contributed by atoms with Gasteiger partial charge >= 0.3 is 0 Å². The molecule has 126 valence electrons. The zero-order valence-electron chi connectivity index (χ0n) is 13.3. The Morgan fingerprint density at radius 2 is 1.96 bits per heavy atom. The molecule has 7 nitrogen and oxygen atoms in total. The van der Waals surface area contributed by atoms with E-state index < -0.39 is 5.60 Å². The molecule has 1 aromatic heterocycles. The van der Waals surface area contributed by atoms with Crippen LogP contribution in [0.2, 0.25) is 0 Å². The van der Waals surface area contributed by atoms with Crippen molar-refractivity contribution in [3.05, 3.63) is 42.2 Å². The molecule has 1 unspecified atom stereocenters. The zero-order chi connectivity index (χ0) is 16.6. The van der Waals surface area contributed by atoms with Gasteiger partial charge in [-0.3, -0.25) is 4.79 Å². The second-order valence-corrected chi connectivity index (χ2v) is 6.36. The van der Waals surface area contributed by atoms with Gasteiger partial charge in [0.1, 0.15) is 17.3 Å². The van der Waals surface area contributed by atoms with Crippen LogP contribution in [0.5, 0.6) is 0 Å². The first-order valence-electron chi connectivity index (χ1n) is 8.26. The first kappa shape index (κ1) is 15.3. The van der Waals surface area contributed by atoms with Crippen molar-refractivity contribution < 1.29 is 14.6 Å². The summed E-state index contributed by atoms with van der Waals surface area (Å²) in [6.07, 6.45) is 3.39. The molecule has 2 aromatic rings. The normalized spacial score (nSPS) is 23.6. The largest absolute Gasteiger partial charge is 0.383 e. The highest BCUT2D eigenvalue weighted by molar-refractivity contribution is 5.98. The summed E-state index contributed by atoms with van der Waals surface area (Å²) in [6, 6.07) is 9.26. The van der Waals surface area contributed by atoms with Crippen LogP contribution >= 0.6 is 0 Å². The summed E-state index contributed by atoms with van der Waals surface area (Å²) in [5, 5.41) is 18.9. The Labute approximate surface area is 139 Å². The average molecular weight is 328 g/mol. The van der Waals surface area contributed by atoms with Gasteiger partial charge in [-0.1, -0.05) is 23.4 Å². The molecule has 1 amide bonds. The molecule has 0 aliphatic carbocycles. The molecular formula is C17H20N4O3. The molecule has 2 aliphatic heterocycles. The van der Waals surface area contributed by atoms with E-state index in [2.05, 4.69) is 10.3 Å². The van der Waals surface area contributed by atoms with E-state index in [1.807, 2.05) is 30.3 Å². The molecule has 2 aliphatic rings. The number of hydrogen-bond acceptors (Lipinski definition) is 5. The van der Waals surface area contributed by atoms with Gasteiger partial charge in [-0.05, 0) is 18.6 Å². The third-order valence-electron chi connectivity index (χ3n) is 4.87. The molecule has 1 aromatic carbocycles. The Morgan fingerprint density at radius 1 is 1.21 bits per heavy atom. The maximum Gasteiger partial charge on any atom is 0.251 e. The zero-order valence-corrected chi connectivity index (χ0v) is 13.3. The molecule has 0 spiro atoms. The minimum absolute atomic E-state index is 0.0108. The maximum absolute atomic E-state index is 12.7. The molecular weight excluding hydrogens is 308 g/mol. The van der Waals surface area contributed by atoms with Crippen LogP contribution in [0.3, 0.4) is 0 Å². The van der Waals surface area contributed by atoms with E-state index in [1.165, 1.54) is 0 Å². The number of hydrogen-bond donors (Lipinski definition) is 1. The molecule has 3 heterocycles. The molecule has 0 bridgehead atoms. The molecule has 2 saturated heterocycles. The number of ether oxygens (including phenoxy) is 1. The van der Waals surface area contributed by atoms with E-state index in [-0.39, 0.29) is 11.9 Å². The topological polar surface area (TPSA) is 80.5 Å². The number of para-hydroxylation sites is 1. The van der Waals surface area contributed by atoms with Crippen molar-refractivity contribution in [2.24, 2.45) is 0 Å². The van der Waals surface area contributed by atoms with Crippen molar-refractivity contribution in [1.82, 2.24) is 15.0 Å². The molecule has 1 N–H and O–H groups in total. The van der Waals surface area contributed by atoms with Gasteiger partial charge in [0.25, 0.3) is 5.91 Å². The summed E-state index contributed by atoms with van der Waals surface area (Å²) >= 11 is 0. The maximum atomic E-state index is 12.7. The van der Waals surface area contributed by atoms with Crippen LogP contribution < -0.4 is 4.90 Å². The van der Waals surface area contributed by atoms with Crippen molar-refractivity contribution in [2.45, 2.75) is 30.9 Å². The molecule has 7 heteroatoms. The van der Waals surface area contributed by atoms with Gasteiger partial charge in [0, 0.05) is 38.3 Å². The quantitative estimate of drug-likeness (QED) is 0.917. The Balaban J connectivity index is 1.54. The monoisotopic (exact) mass is 328 g/mol. The number of amides is 1. The summed E-state index contributed by atoms with van der Waals surface area (Å²) in [6.45, 7) is 1.67. The number of carbonyl (C=O) groups excluding carboxylic acids is 1. The summed E-state index contributed by atoms with van der Waals surface area (Å²) in [4.78, 5) is 14.5. The fraction of sp³-hybridized carbons (Fsp3) is 0.471. The first-order valence-corrected chi connectivity index (χ1v) is 8.26. The van der Waals surface area contributed by atoms with E-state index >= 15 is 0 Å². The summed E-state index contributed by atoms with van der Waals surface area (Å²) < 4.78 is 6.89. The lowest BCUT2D eigenvalue weighted by Gasteiger charge is -2.29. The van der Waals surface area contributed by atoms with Crippen LogP contribution in [-0.4, -0.2) is 45.8 Å². The lowest BCUT2D eigenvalue weighted by atomic mass is 9.91. The van der Waals surface area contributed by atoms with Crippen LogP contribution in [0, 0.1) is 0 Å². The highest BCUT2D eigenvalue weighted by Gasteiger charge is 2.38. The molecule has 0 radical (unpaired) electrons.